The number of carbonyl (C=O) groups is 2. The van der Waals surface area contributed by atoms with Crippen LogP contribution in [0.1, 0.15) is 32.6 Å². The predicted molar refractivity (Wildman–Crippen MR) is 80.2 cm³/mol. The molecule has 1 atom stereocenters. The molecule has 2 heterocycles. The van der Waals surface area contributed by atoms with Gasteiger partial charge in [-0.15, -0.1) is 0 Å². The van der Waals surface area contributed by atoms with Crippen LogP contribution in [-0.4, -0.2) is 78.1 Å². The fourth-order valence-electron chi connectivity index (χ4n) is 3.21. The van der Waals surface area contributed by atoms with Crippen LogP contribution < -0.4 is 0 Å². The quantitative estimate of drug-likeness (QED) is 0.850. The molecule has 2 rings (SSSR count). The van der Waals surface area contributed by atoms with Gasteiger partial charge >= 0.3 is 12.0 Å². The molecule has 2 saturated heterocycles. The minimum absolute atomic E-state index is 0.0404. The SMILES string of the molecule is CN(CCN1CCCC1)C(=O)N1CCCC(C)(C(=O)O)C1. The van der Waals surface area contributed by atoms with Gasteiger partial charge in [0.05, 0.1) is 5.41 Å². The van der Waals surface area contributed by atoms with Crippen LogP contribution in [0.3, 0.4) is 0 Å². The van der Waals surface area contributed by atoms with Crippen LogP contribution in [0.2, 0.25) is 0 Å². The maximum Gasteiger partial charge on any atom is 0.319 e. The molecule has 2 fully saturated rings. The summed E-state index contributed by atoms with van der Waals surface area (Å²) in [5.74, 6) is -0.806. The van der Waals surface area contributed by atoms with Gasteiger partial charge in [-0.25, -0.2) is 4.79 Å². The normalized spacial score (nSPS) is 26.9. The lowest BCUT2D eigenvalue weighted by atomic mass is 9.82. The van der Waals surface area contributed by atoms with Crippen molar-refractivity contribution in [1.82, 2.24) is 14.7 Å². The Balaban J connectivity index is 1.84. The van der Waals surface area contributed by atoms with Gasteiger partial charge in [0.2, 0.25) is 0 Å². The molecule has 0 aromatic carbocycles. The Kier molecular flexibility index (Phi) is 5.08. The largest absolute Gasteiger partial charge is 0.481 e. The third kappa shape index (κ3) is 3.87. The number of aliphatic carboxylic acids is 1. The fraction of sp³-hybridized carbons (Fsp3) is 0.867. The number of rotatable bonds is 4. The number of nitrogens with zero attached hydrogens (tertiary/aromatic N) is 3. The van der Waals surface area contributed by atoms with Gasteiger partial charge in [-0.05, 0) is 45.7 Å². The number of carboxylic acid groups (broad SMARTS) is 1. The van der Waals surface area contributed by atoms with E-state index in [1.165, 1.54) is 12.8 Å². The van der Waals surface area contributed by atoms with Crippen molar-refractivity contribution in [3.05, 3.63) is 0 Å². The smallest absolute Gasteiger partial charge is 0.319 e. The van der Waals surface area contributed by atoms with E-state index in [0.717, 1.165) is 26.1 Å². The molecule has 0 saturated carbocycles. The number of urea groups is 1. The first-order valence-electron chi connectivity index (χ1n) is 7.88. The summed E-state index contributed by atoms with van der Waals surface area (Å²) < 4.78 is 0. The first kappa shape index (κ1) is 16.1. The van der Waals surface area contributed by atoms with E-state index >= 15 is 0 Å². The highest BCUT2D eigenvalue weighted by atomic mass is 16.4. The van der Waals surface area contributed by atoms with Gasteiger partial charge < -0.3 is 19.8 Å². The summed E-state index contributed by atoms with van der Waals surface area (Å²) in [6.45, 7) is 6.58. The molecule has 6 heteroatoms. The summed E-state index contributed by atoms with van der Waals surface area (Å²) in [7, 11) is 1.81. The third-order valence-corrected chi connectivity index (χ3v) is 4.76. The van der Waals surface area contributed by atoms with Crippen LogP contribution in [0.15, 0.2) is 0 Å². The zero-order valence-corrected chi connectivity index (χ0v) is 13.2. The average molecular weight is 297 g/mol. The summed E-state index contributed by atoms with van der Waals surface area (Å²) in [4.78, 5) is 29.6. The molecule has 0 aromatic heterocycles. The Morgan fingerprint density at radius 3 is 2.48 bits per heavy atom. The van der Waals surface area contributed by atoms with E-state index in [-0.39, 0.29) is 6.03 Å². The molecular formula is C15H27N3O3. The first-order chi connectivity index (χ1) is 9.92. The standard InChI is InChI=1S/C15H27N3O3/c1-15(13(19)20)6-5-9-18(12-15)14(21)16(2)10-11-17-7-3-4-8-17/h3-12H2,1-2H3,(H,19,20). The first-order valence-corrected chi connectivity index (χ1v) is 7.88. The summed E-state index contributed by atoms with van der Waals surface area (Å²) in [5.41, 5.74) is -0.802. The van der Waals surface area contributed by atoms with E-state index in [0.29, 0.717) is 26.1 Å². The summed E-state index contributed by atoms with van der Waals surface area (Å²) in [6, 6.07) is -0.0404. The zero-order chi connectivity index (χ0) is 15.5. The van der Waals surface area contributed by atoms with Gasteiger partial charge in [0.1, 0.15) is 0 Å². The van der Waals surface area contributed by atoms with E-state index in [2.05, 4.69) is 4.90 Å². The van der Waals surface area contributed by atoms with Crippen LogP contribution >= 0.6 is 0 Å². The second-order valence-electron chi connectivity index (χ2n) is 6.64. The van der Waals surface area contributed by atoms with Crippen molar-refractivity contribution in [2.24, 2.45) is 5.41 Å². The van der Waals surface area contributed by atoms with Crippen molar-refractivity contribution < 1.29 is 14.7 Å². The van der Waals surface area contributed by atoms with Crippen molar-refractivity contribution in [3.63, 3.8) is 0 Å². The number of piperidine rings is 1. The molecule has 6 nitrogen and oxygen atoms in total. The van der Waals surface area contributed by atoms with Crippen molar-refractivity contribution in [2.75, 3.05) is 46.3 Å². The van der Waals surface area contributed by atoms with Crippen molar-refractivity contribution in [3.8, 4) is 0 Å². The molecule has 1 unspecified atom stereocenters. The Morgan fingerprint density at radius 1 is 1.19 bits per heavy atom. The molecule has 2 amide bonds. The van der Waals surface area contributed by atoms with E-state index in [1.807, 2.05) is 7.05 Å². The van der Waals surface area contributed by atoms with Crippen molar-refractivity contribution >= 4 is 12.0 Å². The van der Waals surface area contributed by atoms with Crippen LogP contribution in [-0.2, 0) is 4.79 Å². The molecule has 21 heavy (non-hydrogen) atoms. The van der Waals surface area contributed by atoms with Gasteiger partial charge in [0, 0.05) is 33.2 Å². The molecule has 0 spiro atoms. The summed E-state index contributed by atoms with van der Waals surface area (Å²) in [5, 5.41) is 9.32. The average Bonchev–Trinajstić information content (AvgIpc) is 2.97. The zero-order valence-electron chi connectivity index (χ0n) is 13.2. The molecule has 1 N–H and O–H groups in total. The topological polar surface area (TPSA) is 64.1 Å². The van der Waals surface area contributed by atoms with Crippen molar-refractivity contribution in [2.45, 2.75) is 32.6 Å². The molecule has 0 radical (unpaired) electrons. The second-order valence-corrected chi connectivity index (χ2v) is 6.64. The van der Waals surface area contributed by atoms with Gasteiger partial charge in [0.25, 0.3) is 0 Å². The fourth-order valence-corrected chi connectivity index (χ4v) is 3.21. The van der Waals surface area contributed by atoms with Gasteiger partial charge in [-0.3, -0.25) is 4.79 Å². The number of amides is 2. The Hall–Kier alpha value is -1.30. The lowest BCUT2D eigenvalue weighted by molar-refractivity contribution is -0.150. The highest BCUT2D eigenvalue weighted by molar-refractivity contribution is 5.78. The van der Waals surface area contributed by atoms with Crippen molar-refractivity contribution in [1.29, 1.82) is 0 Å². The number of likely N-dealkylation sites (tertiary alicyclic amines) is 2. The monoisotopic (exact) mass is 297 g/mol. The summed E-state index contributed by atoms with van der Waals surface area (Å²) in [6.07, 6.45) is 3.90. The predicted octanol–water partition coefficient (Wildman–Crippen LogP) is 1.32. The number of likely N-dealkylation sites (N-methyl/N-ethyl adjacent to an activating group) is 1. The summed E-state index contributed by atoms with van der Waals surface area (Å²) >= 11 is 0. The van der Waals surface area contributed by atoms with Gasteiger partial charge in [-0.2, -0.15) is 0 Å². The van der Waals surface area contributed by atoms with Crippen LogP contribution in [0, 0.1) is 5.41 Å². The highest BCUT2D eigenvalue weighted by Gasteiger charge is 2.39. The van der Waals surface area contributed by atoms with Gasteiger partial charge in [-0.1, -0.05) is 0 Å². The Bertz CT molecular complexity index is 396. The molecular weight excluding hydrogens is 270 g/mol. The maximum atomic E-state index is 12.5. The minimum atomic E-state index is -0.806. The molecule has 120 valence electrons. The number of carboxylic acids is 1. The molecule has 2 aliphatic heterocycles. The molecule has 0 aliphatic carbocycles. The molecule has 0 aromatic rings. The molecule has 0 bridgehead atoms. The number of hydrogen-bond acceptors (Lipinski definition) is 3. The minimum Gasteiger partial charge on any atom is -0.481 e. The van der Waals surface area contributed by atoms with Crippen LogP contribution in [0.5, 0.6) is 0 Å². The Morgan fingerprint density at radius 2 is 1.86 bits per heavy atom. The third-order valence-electron chi connectivity index (χ3n) is 4.76. The van der Waals surface area contributed by atoms with Crippen LogP contribution in [0.25, 0.3) is 0 Å². The Labute approximate surface area is 126 Å². The lowest BCUT2D eigenvalue weighted by Gasteiger charge is -2.39. The van der Waals surface area contributed by atoms with E-state index < -0.39 is 11.4 Å². The highest BCUT2D eigenvalue weighted by Crippen LogP contribution is 2.30. The van der Waals surface area contributed by atoms with E-state index in [4.69, 9.17) is 0 Å². The number of hydrogen-bond donors (Lipinski definition) is 1. The maximum absolute atomic E-state index is 12.5. The lowest BCUT2D eigenvalue weighted by Crippen LogP contribution is -2.52. The van der Waals surface area contributed by atoms with Crippen LogP contribution in [0.4, 0.5) is 4.79 Å². The number of carbonyl (C=O) groups excluding carboxylic acids is 1. The van der Waals surface area contributed by atoms with Gasteiger partial charge in [0.15, 0.2) is 0 Å². The second kappa shape index (κ2) is 6.64. The molecule has 2 aliphatic rings. The van der Waals surface area contributed by atoms with E-state index in [9.17, 15) is 14.7 Å². The van der Waals surface area contributed by atoms with E-state index in [1.54, 1.807) is 16.7 Å².